The van der Waals surface area contributed by atoms with Gasteiger partial charge in [-0.25, -0.2) is 4.79 Å². The Morgan fingerprint density at radius 2 is 1.80 bits per heavy atom. The lowest BCUT2D eigenvalue weighted by molar-refractivity contribution is 0.0917. The minimum absolute atomic E-state index is 0.0588. The highest BCUT2D eigenvalue weighted by molar-refractivity contribution is 6.30. The first kappa shape index (κ1) is 26.8. The van der Waals surface area contributed by atoms with E-state index in [1.807, 2.05) is 28.8 Å². The molecule has 41 heavy (non-hydrogen) atoms. The maximum atomic E-state index is 13.8. The summed E-state index contributed by atoms with van der Waals surface area (Å²) in [5.74, 6) is -0.205. The van der Waals surface area contributed by atoms with Crippen LogP contribution in [0.15, 0.2) is 64.0 Å². The summed E-state index contributed by atoms with van der Waals surface area (Å²) in [6.07, 6.45) is 4.96. The van der Waals surface area contributed by atoms with Crippen molar-refractivity contribution in [3.8, 4) is 5.69 Å². The van der Waals surface area contributed by atoms with Crippen LogP contribution in [0.25, 0.3) is 27.7 Å². The van der Waals surface area contributed by atoms with Gasteiger partial charge in [0, 0.05) is 31.9 Å². The predicted molar refractivity (Wildman–Crippen MR) is 156 cm³/mol. The molecule has 1 fully saturated rings. The van der Waals surface area contributed by atoms with Gasteiger partial charge in [0.15, 0.2) is 11.3 Å². The Balaban J connectivity index is 1.21. The summed E-state index contributed by atoms with van der Waals surface area (Å²) < 4.78 is 8.92. The van der Waals surface area contributed by atoms with Crippen LogP contribution in [-0.4, -0.2) is 44.2 Å². The molecule has 0 bridgehead atoms. The summed E-state index contributed by atoms with van der Waals surface area (Å²) in [5.41, 5.74) is 3.89. The highest BCUT2D eigenvalue weighted by Crippen LogP contribution is 2.29. The normalized spacial score (nSPS) is 17.1. The number of aryl methyl sites for hydroxylation is 1. The molecule has 5 aromatic rings. The van der Waals surface area contributed by atoms with Gasteiger partial charge in [-0.2, -0.15) is 0 Å². The molecule has 2 amide bonds. The third-order valence-electron chi connectivity index (χ3n) is 7.91. The minimum Gasteiger partial charge on any atom is -0.355 e. The Morgan fingerprint density at radius 3 is 2.56 bits per heavy atom. The monoisotopic (exact) mass is 572 g/mol. The molecule has 10 nitrogen and oxygen atoms in total. The number of benzene rings is 2. The molecule has 0 spiro atoms. The maximum Gasteiger partial charge on any atom is 0.333 e. The Hall–Kier alpha value is -4.44. The number of nitrogens with zero attached hydrogens (tertiary/aromatic N) is 4. The number of pyridine rings is 1. The van der Waals surface area contributed by atoms with Gasteiger partial charge >= 0.3 is 5.69 Å². The molecule has 2 N–H and O–H groups in total. The summed E-state index contributed by atoms with van der Waals surface area (Å²) >= 11 is 6.04. The third kappa shape index (κ3) is 4.99. The van der Waals surface area contributed by atoms with Crippen LogP contribution < -0.4 is 16.3 Å². The van der Waals surface area contributed by atoms with Gasteiger partial charge in [-0.1, -0.05) is 28.9 Å². The molecule has 3 heterocycles. The predicted octanol–water partition coefficient (Wildman–Crippen LogP) is 4.64. The molecule has 3 aromatic heterocycles. The molecule has 0 aliphatic heterocycles. The van der Waals surface area contributed by atoms with Crippen LogP contribution in [0.1, 0.15) is 52.2 Å². The van der Waals surface area contributed by atoms with Crippen LogP contribution in [0, 0.1) is 12.8 Å². The number of hydrogen-bond acceptors (Lipinski definition) is 6. The van der Waals surface area contributed by atoms with E-state index < -0.39 is 0 Å². The number of imidazole rings is 1. The van der Waals surface area contributed by atoms with Gasteiger partial charge in [0.2, 0.25) is 0 Å². The number of rotatable bonds is 6. The fourth-order valence-corrected chi connectivity index (χ4v) is 5.89. The number of aromatic nitrogens is 4. The number of carbonyl (C=O) groups is 2. The van der Waals surface area contributed by atoms with Gasteiger partial charge in [-0.05, 0) is 68.9 Å². The Labute approximate surface area is 240 Å². The van der Waals surface area contributed by atoms with E-state index in [9.17, 15) is 14.4 Å². The molecule has 210 valence electrons. The van der Waals surface area contributed by atoms with E-state index >= 15 is 0 Å². The van der Waals surface area contributed by atoms with Crippen molar-refractivity contribution in [3.05, 3.63) is 87.2 Å². The Morgan fingerprint density at radius 1 is 1.05 bits per heavy atom. The summed E-state index contributed by atoms with van der Waals surface area (Å²) in [5, 5.41) is 10.6. The molecule has 0 radical (unpaired) electrons. The van der Waals surface area contributed by atoms with E-state index in [1.54, 1.807) is 35.8 Å². The lowest BCUT2D eigenvalue weighted by Gasteiger charge is -2.29. The van der Waals surface area contributed by atoms with Crippen molar-refractivity contribution in [2.24, 2.45) is 5.92 Å². The average Bonchev–Trinajstić information content (AvgIpc) is 3.53. The van der Waals surface area contributed by atoms with Gasteiger partial charge in [-0.3, -0.25) is 23.7 Å². The van der Waals surface area contributed by atoms with E-state index in [2.05, 4.69) is 20.8 Å². The quantitative estimate of drug-likeness (QED) is 0.305. The first-order chi connectivity index (χ1) is 19.8. The van der Waals surface area contributed by atoms with E-state index in [4.69, 9.17) is 16.1 Å². The fourth-order valence-electron chi connectivity index (χ4n) is 5.73. The van der Waals surface area contributed by atoms with Crippen LogP contribution in [-0.2, 0) is 6.54 Å². The third-order valence-corrected chi connectivity index (χ3v) is 8.12. The van der Waals surface area contributed by atoms with E-state index in [0.717, 1.165) is 36.7 Å². The Bertz CT molecular complexity index is 1850. The zero-order chi connectivity index (χ0) is 28.7. The number of nitrogens with one attached hydrogen (secondary N) is 2. The number of halogens is 1. The van der Waals surface area contributed by atoms with Gasteiger partial charge in [0.1, 0.15) is 0 Å². The number of hydrogen-bond donors (Lipinski definition) is 2. The molecule has 1 aliphatic rings. The maximum absolute atomic E-state index is 13.8. The highest BCUT2D eigenvalue weighted by Gasteiger charge is 2.26. The average molecular weight is 573 g/mol. The second-order valence-corrected chi connectivity index (χ2v) is 10.9. The van der Waals surface area contributed by atoms with Crippen molar-refractivity contribution in [3.63, 3.8) is 0 Å². The summed E-state index contributed by atoms with van der Waals surface area (Å²) in [6.45, 7) is 2.37. The number of para-hydroxylation sites is 2. The number of carbonyl (C=O) groups excluding carboxylic acids is 2. The fraction of sp³-hybridized carbons (Fsp3) is 0.300. The molecule has 6 rings (SSSR count). The molecule has 1 aliphatic carbocycles. The van der Waals surface area contributed by atoms with Crippen molar-refractivity contribution in [1.82, 2.24) is 29.9 Å². The summed E-state index contributed by atoms with van der Waals surface area (Å²) in [7, 11) is 1.54. The molecule has 0 saturated heterocycles. The van der Waals surface area contributed by atoms with E-state index in [-0.39, 0.29) is 29.2 Å². The molecule has 2 aromatic carbocycles. The lowest BCUT2D eigenvalue weighted by atomic mass is 9.85. The van der Waals surface area contributed by atoms with Gasteiger partial charge in [-0.15, -0.1) is 0 Å². The topological polar surface area (TPSA) is 124 Å². The number of amides is 2. The van der Waals surface area contributed by atoms with Crippen LogP contribution in [0.4, 0.5) is 0 Å². The van der Waals surface area contributed by atoms with Crippen LogP contribution in [0.2, 0.25) is 5.02 Å². The minimum atomic E-state index is -0.337. The second kappa shape index (κ2) is 10.9. The van der Waals surface area contributed by atoms with Crippen LogP contribution in [0.3, 0.4) is 0 Å². The summed E-state index contributed by atoms with van der Waals surface area (Å²) in [4.78, 5) is 42.9. The highest BCUT2D eigenvalue weighted by atomic mass is 35.5. The Kier molecular flexibility index (Phi) is 7.08. The van der Waals surface area contributed by atoms with Crippen molar-refractivity contribution in [2.45, 2.75) is 45.2 Å². The smallest absolute Gasteiger partial charge is 0.333 e. The molecule has 0 unspecified atom stereocenters. The molecule has 0 atom stereocenters. The standard InChI is InChI=1S/C30H29ClN6O4/c1-17-23(13-19(31)15-33-17)28(38)34-20-9-7-18(8-10-20)16-36-24-5-3-4-6-25(24)37(30(36)40)21-11-12-22-26(14-21)41-35-27(22)29(39)32-2/h3-6,11-15,18,20H,7-10,16H2,1-2H3,(H,32,39)(H,34,38)/t18-,20-. The molecular formula is C30H29ClN6O4. The van der Waals surface area contributed by atoms with Gasteiger partial charge in [0.05, 0.1) is 38.4 Å². The van der Waals surface area contributed by atoms with E-state index in [0.29, 0.717) is 45.4 Å². The van der Waals surface area contributed by atoms with Crippen LogP contribution >= 0.6 is 11.6 Å². The zero-order valence-corrected chi connectivity index (χ0v) is 23.4. The van der Waals surface area contributed by atoms with Gasteiger partial charge < -0.3 is 15.2 Å². The lowest BCUT2D eigenvalue weighted by Crippen LogP contribution is -2.39. The number of fused-ring (bicyclic) bond motifs is 2. The molecular weight excluding hydrogens is 544 g/mol. The second-order valence-electron chi connectivity index (χ2n) is 10.5. The van der Waals surface area contributed by atoms with E-state index in [1.165, 1.54) is 13.2 Å². The van der Waals surface area contributed by atoms with Crippen LogP contribution in [0.5, 0.6) is 0 Å². The van der Waals surface area contributed by atoms with Crippen molar-refractivity contribution in [2.75, 3.05) is 7.05 Å². The summed E-state index contributed by atoms with van der Waals surface area (Å²) in [6, 6.07) is 14.7. The van der Waals surface area contributed by atoms with Gasteiger partial charge in [0.25, 0.3) is 11.8 Å². The van der Waals surface area contributed by atoms with Crippen molar-refractivity contribution >= 4 is 45.4 Å². The SMILES string of the molecule is CNC(=O)c1noc2cc(-n3c(=O)n(C[C@H]4CC[C@H](NC(=O)c5cc(Cl)cnc5C)CC4)c4ccccc43)ccc12. The molecule has 1 saturated carbocycles. The first-order valence-electron chi connectivity index (χ1n) is 13.6. The van der Waals surface area contributed by atoms with Crippen molar-refractivity contribution in [1.29, 1.82) is 0 Å². The zero-order valence-electron chi connectivity index (χ0n) is 22.7. The molecule has 11 heteroatoms. The first-order valence-corrected chi connectivity index (χ1v) is 14.0. The van der Waals surface area contributed by atoms with Crippen molar-refractivity contribution < 1.29 is 14.1 Å². The largest absolute Gasteiger partial charge is 0.355 e.